The van der Waals surface area contributed by atoms with Gasteiger partial charge in [0, 0.05) is 13.0 Å². The van der Waals surface area contributed by atoms with Crippen LogP contribution < -0.4 is 5.32 Å². The monoisotopic (exact) mass is 174 g/mol. The topological polar surface area (TPSA) is 29.1 Å². The van der Waals surface area contributed by atoms with Crippen LogP contribution in [0.25, 0.3) is 0 Å². The Hall–Kier alpha value is -1.31. The van der Waals surface area contributed by atoms with Crippen LogP contribution in [0.1, 0.15) is 18.1 Å². The molecule has 13 heavy (non-hydrogen) atoms. The van der Waals surface area contributed by atoms with E-state index in [0.29, 0.717) is 6.04 Å². The lowest BCUT2D eigenvalue weighted by molar-refractivity contribution is -0.119. The van der Waals surface area contributed by atoms with Crippen LogP contribution in [0.15, 0.2) is 18.2 Å². The van der Waals surface area contributed by atoms with E-state index in [1.165, 1.54) is 11.1 Å². The fourth-order valence-corrected chi connectivity index (χ4v) is 1.88. The average molecular weight is 174 g/mol. The number of rotatable bonds is 1. The molecule has 0 saturated carbocycles. The normalized spacial score (nSPS) is 15.5. The minimum absolute atomic E-state index is 0.0572. The van der Waals surface area contributed by atoms with Crippen molar-refractivity contribution in [1.82, 2.24) is 5.32 Å². The first-order chi connectivity index (χ1) is 6.25. The van der Waals surface area contributed by atoms with E-state index in [1.807, 2.05) is 12.1 Å². The fourth-order valence-electron chi connectivity index (χ4n) is 1.88. The summed E-state index contributed by atoms with van der Waals surface area (Å²) >= 11 is 0. The molecule has 0 fully saturated rings. The Morgan fingerprint density at radius 1 is 1.54 bits per heavy atom. The Bertz CT molecular complexity index is 308. The fraction of sp³-hybridized carbons (Fsp3) is 0.364. The molecule has 0 bridgehead atoms. The zero-order valence-corrected chi connectivity index (χ0v) is 7.63. The summed E-state index contributed by atoms with van der Waals surface area (Å²) in [6.07, 6.45) is 1.91. The van der Waals surface area contributed by atoms with Crippen molar-refractivity contribution in [3.05, 3.63) is 35.4 Å². The quantitative estimate of drug-likeness (QED) is 0.678. The van der Waals surface area contributed by atoms with Gasteiger partial charge in [0.05, 0.1) is 0 Å². The molecule has 1 amide bonds. The van der Waals surface area contributed by atoms with Crippen molar-refractivity contribution in [1.29, 1.82) is 0 Å². The maximum absolute atomic E-state index is 10.8. The van der Waals surface area contributed by atoms with Gasteiger partial charge in [-0.15, -0.1) is 0 Å². The molecule has 1 aromatic rings. The molecule has 1 aliphatic carbocycles. The second-order valence-electron chi connectivity index (χ2n) is 3.50. The van der Waals surface area contributed by atoms with Gasteiger partial charge in [0.15, 0.2) is 0 Å². The van der Waals surface area contributed by atoms with E-state index in [4.69, 9.17) is 0 Å². The molecule has 67 valence electrons. The number of fused-ring (bicyclic) bond motifs is 1. The van der Waals surface area contributed by atoms with Crippen LogP contribution >= 0.6 is 0 Å². The molecule has 0 aromatic heterocycles. The van der Waals surface area contributed by atoms with Crippen LogP contribution in [0.2, 0.25) is 0 Å². The van der Waals surface area contributed by atoms with Gasteiger partial charge < -0.3 is 5.32 Å². The lowest BCUT2D eigenvalue weighted by Gasteiger charge is -2.08. The Morgan fingerprint density at radius 3 is 3.00 bits per heavy atom. The molecule has 0 aliphatic heterocycles. The molecule has 2 heteroatoms. The summed E-state index contributed by atoms with van der Waals surface area (Å²) in [6, 6.07) is 9.37. The average Bonchev–Trinajstić information content (AvgIpc) is 2.44. The molecule has 1 atom stereocenters. The van der Waals surface area contributed by atoms with Gasteiger partial charge in [-0.3, -0.25) is 4.79 Å². The number of nitrogens with one attached hydrogen (secondary N) is 1. The molecular weight excluding hydrogens is 162 g/mol. The summed E-state index contributed by atoms with van der Waals surface area (Å²) in [7, 11) is 0. The molecule has 0 heterocycles. The third-order valence-electron chi connectivity index (χ3n) is 2.39. The van der Waals surface area contributed by atoms with E-state index in [2.05, 4.69) is 17.4 Å². The molecule has 1 N–H and O–H groups in total. The molecule has 1 radical (unpaired) electrons. The minimum Gasteiger partial charge on any atom is -0.353 e. The van der Waals surface area contributed by atoms with E-state index in [-0.39, 0.29) is 5.91 Å². The largest absolute Gasteiger partial charge is 0.353 e. The lowest BCUT2D eigenvalue weighted by Crippen LogP contribution is -2.33. The van der Waals surface area contributed by atoms with Crippen molar-refractivity contribution in [2.24, 2.45) is 0 Å². The van der Waals surface area contributed by atoms with Gasteiger partial charge in [0.1, 0.15) is 0 Å². The third kappa shape index (κ3) is 1.72. The van der Waals surface area contributed by atoms with E-state index in [9.17, 15) is 4.79 Å². The van der Waals surface area contributed by atoms with E-state index in [0.717, 1.165) is 12.8 Å². The summed E-state index contributed by atoms with van der Waals surface area (Å²) in [4.78, 5) is 10.8. The van der Waals surface area contributed by atoms with Crippen LogP contribution in [-0.4, -0.2) is 11.9 Å². The van der Waals surface area contributed by atoms with Gasteiger partial charge in [0.25, 0.3) is 0 Å². The standard InChI is InChI=1S/C11H12NO/c1-8(13)12-11-6-9-4-2-3-5-10(9)7-11/h2,4-5,11H,6-7H2,1H3,(H,12,13). The number of amides is 1. The predicted molar refractivity (Wildman–Crippen MR) is 50.3 cm³/mol. The second-order valence-corrected chi connectivity index (χ2v) is 3.50. The Labute approximate surface area is 78.0 Å². The van der Waals surface area contributed by atoms with E-state index < -0.39 is 0 Å². The second kappa shape index (κ2) is 3.21. The van der Waals surface area contributed by atoms with Gasteiger partial charge in [-0.25, -0.2) is 0 Å². The highest BCUT2D eigenvalue weighted by Crippen LogP contribution is 2.21. The first-order valence-electron chi connectivity index (χ1n) is 4.50. The molecule has 1 unspecified atom stereocenters. The molecule has 1 aliphatic rings. The van der Waals surface area contributed by atoms with Gasteiger partial charge >= 0.3 is 0 Å². The van der Waals surface area contributed by atoms with Crippen molar-refractivity contribution in [3.8, 4) is 0 Å². The summed E-state index contributed by atoms with van der Waals surface area (Å²) in [6.45, 7) is 1.56. The molecule has 2 rings (SSSR count). The van der Waals surface area contributed by atoms with Crippen LogP contribution in [-0.2, 0) is 17.6 Å². The zero-order chi connectivity index (χ0) is 9.26. The summed E-state index contributed by atoms with van der Waals surface area (Å²) in [5, 5.41) is 2.94. The Kier molecular flexibility index (Phi) is 2.05. The van der Waals surface area contributed by atoms with Gasteiger partial charge in [0.2, 0.25) is 5.91 Å². The predicted octanol–water partition coefficient (Wildman–Crippen LogP) is 1.09. The number of benzene rings is 1. The lowest BCUT2D eigenvalue weighted by atomic mass is 10.1. The molecule has 0 saturated heterocycles. The van der Waals surface area contributed by atoms with Crippen LogP contribution in [0, 0.1) is 6.07 Å². The van der Waals surface area contributed by atoms with Crippen molar-refractivity contribution >= 4 is 5.91 Å². The Morgan fingerprint density at radius 2 is 2.31 bits per heavy atom. The van der Waals surface area contributed by atoms with Crippen molar-refractivity contribution < 1.29 is 4.79 Å². The maximum atomic E-state index is 10.8. The highest BCUT2D eigenvalue weighted by molar-refractivity contribution is 5.73. The number of hydrogen-bond acceptors (Lipinski definition) is 1. The minimum atomic E-state index is 0.0572. The number of hydrogen-bond donors (Lipinski definition) is 1. The van der Waals surface area contributed by atoms with Crippen LogP contribution in [0.4, 0.5) is 0 Å². The van der Waals surface area contributed by atoms with Crippen molar-refractivity contribution in [3.63, 3.8) is 0 Å². The summed E-state index contributed by atoms with van der Waals surface area (Å²) in [5.41, 5.74) is 2.67. The molecular formula is C11H12NO. The summed E-state index contributed by atoms with van der Waals surface area (Å²) in [5.74, 6) is 0.0572. The van der Waals surface area contributed by atoms with Gasteiger partial charge in [-0.2, -0.15) is 0 Å². The van der Waals surface area contributed by atoms with E-state index >= 15 is 0 Å². The van der Waals surface area contributed by atoms with Crippen molar-refractivity contribution in [2.45, 2.75) is 25.8 Å². The van der Waals surface area contributed by atoms with Crippen LogP contribution in [0.5, 0.6) is 0 Å². The molecule has 1 aromatic carbocycles. The first-order valence-corrected chi connectivity index (χ1v) is 4.50. The molecule has 0 spiro atoms. The van der Waals surface area contributed by atoms with Gasteiger partial charge in [-0.05, 0) is 30.0 Å². The zero-order valence-electron chi connectivity index (χ0n) is 7.63. The maximum Gasteiger partial charge on any atom is 0.217 e. The van der Waals surface area contributed by atoms with Gasteiger partial charge in [-0.1, -0.05) is 18.2 Å². The summed E-state index contributed by atoms with van der Waals surface area (Å²) < 4.78 is 0. The smallest absolute Gasteiger partial charge is 0.217 e. The number of carbonyl (C=O) groups is 1. The number of carbonyl (C=O) groups excluding carboxylic acids is 1. The SMILES string of the molecule is CC(=O)NC1Cc2c[c]ccc2C1. The van der Waals surface area contributed by atoms with Crippen molar-refractivity contribution in [2.75, 3.05) is 0 Å². The highest BCUT2D eigenvalue weighted by atomic mass is 16.1. The first kappa shape index (κ1) is 8.30. The van der Waals surface area contributed by atoms with Crippen LogP contribution in [0.3, 0.4) is 0 Å². The van der Waals surface area contributed by atoms with E-state index in [1.54, 1.807) is 6.92 Å². The molecule has 2 nitrogen and oxygen atoms in total. The highest BCUT2D eigenvalue weighted by Gasteiger charge is 2.20. The Balaban J connectivity index is 2.09. The third-order valence-corrected chi connectivity index (χ3v) is 2.39.